The second kappa shape index (κ2) is 10.0. The Kier molecular flexibility index (Phi) is 5.65. The molecule has 0 aliphatic heterocycles. The van der Waals surface area contributed by atoms with Crippen LogP contribution in [-0.2, 0) is 0 Å². The van der Waals surface area contributed by atoms with Crippen LogP contribution in [0.15, 0.2) is 156 Å². The van der Waals surface area contributed by atoms with Crippen molar-refractivity contribution in [3.63, 3.8) is 0 Å². The summed E-state index contributed by atoms with van der Waals surface area (Å²) in [6.45, 7) is 0. The van der Waals surface area contributed by atoms with Crippen molar-refractivity contribution < 1.29 is 4.42 Å². The van der Waals surface area contributed by atoms with Crippen LogP contribution in [0.3, 0.4) is 0 Å². The molecule has 46 heavy (non-hydrogen) atoms. The van der Waals surface area contributed by atoms with Gasteiger partial charge in [-0.2, -0.15) is 0 Å². The molecule has 0 spiro atoms. The number of anilines is 3. The SMILES string of the molecule is c1ccc2c(c1)oc1c(N(c3ccc(-c4ccc5c(c4)sc4ccccc45)cc3)c3ccc4sc5ccccc5c4c3)cccc12. The minimum atomic E-state index is 0.887. The first-order valence-corrected chi connectivity index (χ1v) is 17.1. The van der Waals surface area contributed by atoms with Crippen LogP contribution in [-0.4, -0.2) is 0 Å². The molecular formula is C42H25NOS2. The van der Waals surface area contributed by atoms with Gasteiger partial charge in [-0.1, -0.05) is 91.0 Å². The predicted molar refractivity (Wildman–Crippen MR) is 200 cm³/mol. The Bertz CT molecular complexity index is 2760. The second-order valence-electron chi connectivity index (χ2n) is 11.7. The summed E-state index contributed by atoms with van der Waals surface area (Å²) in [6, 6.07) is 54.8. The Morgan fingerprint density at radius 3 is 1.83 bits per heavy atom. The number of rotatable bonds is 4. The van der Waals surface area contributed by atoms with Crippen LogP contribution in [0, 0.1) is 0 Å². The van der Waals surface area contributed by atoms with E-state index < -0.39 is 0 Å². The molecule has 0 amide bonds. The van der Waals surface area contributed by atoms with Crippen LogP contribution in [0.5, 0.6) is 0 Å². The molecule has 0 radical (unpaired) electrons. The van der Waals surface area contributed by atoms with Gasteiger partial charge in [0.15, 0.2) is 5.58 Å². The third-order valence-electron chi connectivity index (χ3n) is 9.08. The molecule has 0 fully saturated rings. The molecule has 0 atom stereocenters. The maximum absolute atomic E-state index is 6.57. The maximum atomic E-state index is 6.57. The van der Waals surface area contributed by atoms with Crippen molar-refractivity contribution in [2.75, 3.05) is 4.90 Å². The van der Waals surface area contributed by atoms with E-state index in [1.807, 2.05) is 28.7 Å². The highest BCUT2D eigenvalue weighted by atomic mass is 32.1. The van der Waals surface area contributed by atoms with Crippen LogP contribution < -0.4 is 4.90 Å². The first kappa shape index (κ1) is 25.9. The fourth-order valence-electron chi connectivity index (χ4n) is 6.90. The summed E-state index contributed by atoms with van der Waals surface area (Å²) in [7, 11) is 0. The summed E-state index contributed by atoms with van der Waals surface area (Å²) >= 11 is 3.70. The van der Waals surface area contributed by atoms with E-state index in [9.17, 15) is 0 Å². The highest BCUT2D eigenvalue weighted by Gasteiger charge is 2.20. The Morgan fingerprint density at radius 2 is 1.00 bits per heavy atom. The highest BCUT2D eigenvalue weighted by molar-refractivity contribution is 7.26. The fraction of sp³-hybridized carbons (Fsp3) is 0. The van der Waals surface area contributed by atoms with E-state index in [1.165, 1.54) is 51.5 Å². The van der Waals surface area contributed by atoms with Gasteiger partial charge in [0.2, 0.25) is 0 Å². The van der Waals surface area contributed by atoms with Crippen LogP contribution in [0.2, 0.25) is 0 Å². The van der Waals surface area contributed by atoms with E-state index in [2.05, 4.69) is 150 Å². The van der Waals surface area contributed by atoms with Gasteiger partial charge in [-0.25, -0.2) is 0 Å². The molecule has 2 nitrogen and oxygen atoms in total. The topological polar surface area (TPSA) is 16.4 Å². The lowest BCUT2D eigenvalue weighted by atomic mass is 10.0. The largest absolute Gasteiger partial charge is 0.454 e. The molecule has 0 saturated carbocycles. The normalized spacial score (nSPS) is 11.9. The standard InChI is InChI=1S/C42H25NOS2/c1-4-13-37-30(8-1)34-11-7-12-36(42(34)44-37)43(29-21-23-40-35(25-29)32-10-3-6-15-39(32)45-40)28-19-16-26(17-20-28)27-18-22-33-31-9-2-5-14-38(31)46-41(33)24-27/h1-25H. The monoisotopic (exact) mass is 623 g/mol. The lowest BCUT2D eigenvalue weighted by Gasteiger charge is -2.26. The lowest BCUT2D eigenvalue weighted by Crippen LogP contribution is -2.10. The summed E-state index contributed by atoms with van der Waals surface area (Å²) in [4.78, 5) is 2.34. The zero-order chi connectivity index (χ0) is 30.2. The van der Waals surface area contributed by atoms with Gasteiger partial charge in [0.1, 0.15) is 5.58 Å². The summed E-state index contributed by atoms with van der Waals surface area (Å²) in [5.74, 6) is 0. The van der Waals surface area contributed by atoms with E-state index in [1.54, 1.807) is 0 Å². The van der Waals surface area contributed by atoms with Crippen molar-refractivity contribution in [2.45, 2.75) is 0 Å². The second-order valence-corrected chi connectivity index (χ2v) is 13.9. The Labute approximate surface area is 273 Å². The van der Waals surface area contributed by atoms with E-state index in [0.717, 1.165) is 39.0 Å². The zero-order valence-electron chi connectivity index (χ0n) is 24.6. The summed E-state index contributed by atoms with van der Waals surface area (Å²) in [5, 5.41) is 7.46. The van der Waals surface area contributed by atoms with E-state index in [-0.39, 0.29) is 0 Å². The highest BCUT2D eigenvalue weighted by Crippen LogP contribution is 2.45. The van der Waals surface area contributed by atoms with Crippen LogP contribution in [0.1, 0.15) is 0 Å². The molecule has 0 N–H and O–H groups in total. The van der Waals surface area contributed by atoms with Gasteiger partial charge < -0.3 is 9.32 Å². The molecule has 0 saturated heterocycles. The molecule has 0 bridgehead atoms. The quantitative estimate of drug-likeness (QED) is 0.194. The number of furan rings is 1. The van der Waals surface area contributed by atoms with Crippen molar-refractivity contribution in [1.82, 2.24) is 0 Å². The number of hydrogen-bond donors (Lipinski definition) is 0. The molecule has 10 aromatic rings. The fourth-order valence-corrected chi connectivity index (χ4v) is 9.13. The minimum Gasteiger partial charge on any atom is -0.454 e. The van der Waals surface area contributed by atoms with Crippen molar-refractivity contribution >= 4 is 102 Å². The summed E-state index contributed by atoms with van der Waals surface area (Å²) < 4.78 is 11.8. The van der Waals surface area contributed by atoms with Gasteiger partial charge in [0.05, 0.1) is 5.69 Å². The van der Waals surface area contributed by atoms with E-state index in [4.69, 9.17) is 4.42 Å². The van der Waals surface area contributed by atoms with Gasteiger partial charge in [0, 0.05) is 62.5 Å². The molecule has 4 heteroatoms. The van der Waals surface area contributed by atoms with Gasteiger partial charge in [-0.15, -0.1) is 22.7 Å². The number of fused-ring (bicyclic) bond motifs is 9. The third-order valence-corrected chi connectivity index (χ3v) is 11.4. The molecule has 3 aromatic heterocycles. The van der Waals surface area contributed by atoms with Crippen LogP contribution >= 0.6 is 22.7 Å². The van der Waals surface area contributed by atoms with Gasteiger partial charge in [-0.3, -0.25) is 0 Å². The summed E-state index contributed by atoms with van der Waals surface area (Å²) in [6.07, 6.45) is 0. The number of benzene rings is 7. The molecule has 216 valence electrons. The summed E-state index contributed by atoms with van der Waals surface area (Å²) in [5.41, 5.74) is 7.41. The Hall–Kier alpha value is -5.42. The molecule has 0 unspecified atom stereocenters. The number of hydrogen-bond acceptors (Lipinski definition) is 4. The maximum Gasteiger partial charge on any atom is 0.159 e. The molecule has 0 aliphatic carbocycles. The van der Waals surface area contributed by atoms with E-state index >= 15 is 0 Å². The van der Waals surface area contributed by atoms with Crippen LogP contribution in [0.4, 0.5) is 17.1 Å². The smallest absolute Gasteiger partial charge is 0.159 e. The van der Waals surface area contributed by atoms with Crippen molar-refractivity contribution in [3.05, 3.63) is 152 Å². The minimum absolute atomic E-state index is 0.887. The van der Waals surface area contributed by atoms with Crippen LogP contribution in [0.25, 0.3) is 73.4 Å². The number of nitrogens with zero attached hydrogens (tertiary/aromatic N) is 1. The Balaban J connectivity index is 1.15. The molecule has 0 aliphatic rings. The van der Waals surface area contributed by atoms with E-state index in [0.29, 0.717) is 0 Å². The molecular weight excluding hydrogens is 599 g/mol. The lowest BCUT2D eigenvalue weighted by molar-refractivity contribution is 0.669. The van der Waals surface area contributed by atoms with Crippen molar-refractivity contribution in [3.8, 4) is 11.1 Å². The van der Waals surface area contributed by atoms with Crippen molar-refractivity contribution in [1.29, 1.82) is 0 Å². The molecule has 10 rings (SSSR count). The average Bonchev–Trinajstić information content (AvgIpc) is 3.80. The Morgan fingerprint density at radius 1 is 0.391 bits per heavy atom. The van der Waals surface area contributed by atoms with Gasteiger partial charge >= 0.3 is 0 Å². The third kappa shape index (κ3) is 3.94. The first-order chi connectivity index (χ1) is 22.8. The predicted octanol–water partition coefficient (Wildman–Crippen LogP) is 13.5. The zero-order valence-corrected chi connectivity index (χ0v) is 26.2. The van der Waals surface area contributed by atoms with Crippen molar-refractivity contribution in [2.24, 2.45) is 0 Å². The first-order valence-electron chi connectivity index (χ1n) is 15.4. The number of thiophene rings is 2. The van der Waals surface area contributed by atoms with Gasteiger partial charge in [0.25, 0.3) is 0 Å². The number of para-hydroxylation sites is 2. The molecule has 3 heterocycles. The molecule has 7 aromatic carbocycles. The average molecular weight is 624 g/mol. The van der Waals surface area contributed by atoms with Gasteiger partial charge in [-0.05, 0) is 71.8 Å².